The summed E-state index contributed by atoms with van der Waals surface area (Å²) >= 11 is 6.22. The Kier molecular flexibility index (Phi) is 5.82. The smallest absolute Gasteiger partial charge is 0.356 e. The minimum atomic E-state index is -4.15. The fourth-order valence-electron chi connectivity index (χ4n) is 2.55. The number of pyridine rings is 2. The van der Waals surface area contributed by atoms with Gasteiger partial charge in [0, 0.05) is 19.4 Å². The molecule has 3 aromatic heterocycles. The highest BCUT2D eigenvalue weighted by molar-refractivity contribution is 7.89. The fraction of sp³-hybridized carbons (Fsp3) is 0.176. The summed E-state index contributed by atoms with van der Waals surface area (Å²) in [6.07, 6.45) is 2.47. The number of aryl methyl sites for hydroxylation is 1. The lowest BCUT2D eigenvalue weighted by atomic mass is 10.3. The molecular weight excluding hydrogens is 422 g/mol. The molecule has 0 saturated carbocycles. The molecular formula is C17H16ClN5O5S. The Bertz CT molecular complexity index is 1190. The summed E-state index contributed by atoms with van der Waals surface area (Å²) in [7, 11) is -2.61. The van der Waals surface area contributed by atoms with E-state index in [9.17, 15) is 18.0 Å². The summed E-state index contributed by atoms with van der Waals surface area (Å²) in [5, 5.41) is 0.0568. The van der Waals surface area contributed by atoms with Gasteiger partial charge in [0.1, 0.15) is 21.8 Å². The molecule has 3 rings (SSSR count). The maximum absolute atomic E-state index is 12.5. The van der Waals surface area contributed by atoms with Crippen molar-refractivity contribution in [2.45, 2.75) is 11.8 Å². The second-order valence-corrected chi connectivity index (χ2v) is 7.82. The lowest BCUT2D eigenvalue weighted by molar-refractivity contribution is 0.0516. The Morgan fingerprint density at radius 1 is 1.28 bits per heavy atom. The van der Waals surface area contributed by atoms with Crippen LogP contribution in [0.15, 0.2) is 41.6 Å². The fourth-order valence-corrected chi connectivity index (χ4v) is 3.70. The highest BCUT2D eigenvalue weighted by atomic mass is 35.5. The first-order valence-corrected chi connectivity index (χ1v) is 10.2. The zero-order chi connectivity index (χ0) is 21.2. The maximum Gasteiger partial charge on any atom is 0.356 e. The lowest BCUT2D eigenvalue weighted by Crippen LogP contribution is -2.41. The number of carbonyl (C=O) groups is 2. The number of nitrogens with zero attached hydrogens (tertiary/aromatic N) is 3. The van der Waals surface area contributed by atoms with E-state index in [0.29, 0.717) is 5.52 Å². The standard InChI is InChI=1S/C17H16ClN5O5S/c1-3-28-17(25)15-13(18)14-12(23(15)2)8-10(9-20-14)29(26,27)22-21-16(24)11-6-4-5-7-19-11/h4-9,22H,3H2,1-2H3,(H,21,24). The van der Waals surface area contributed by atoms with Gasteiger partial charge in [-0.1, -0.05) is 17.7 Å². The molecule has 0 fully saturated rings. The van der Waals surface area contributed by atoms with Crippen molar-refractivity contribution >= 4 is 44.5 Å². The van der Waals surface area contributed by atoms with Crippen molar-refractivity contribution in [3.63, 3.8) is 0 Å². The summed E-state index contributed by atoms with van der Waals surface area (Å²) in [4.78, 5) is 33.7. The monoisotopic (exact) mass is 437 g/mol. The largest absolute Gasteiger partial charge is 0.461 e. The molecule has 0 saturated heterocycles. The average molecular weight is 438 g/mol. The molecule has 1 amide bonds. The zero-order valence-corrected chi connectivity index (χ0v) is 16.9. The summed E-state index contributed by atoms with van der Waals surface area (Å²) in [5.41, 5.74) is 2.72. The molecule has 3 heterocycles. The maximum atomic E-state index is 12.5. The van der Waals surface area contributed by atoms with Crippen LogP contribution in [0, 0.1) is 0 Å². The van der Waals surface area contributed by atoms with Gasteiger partial charge in [-0.25, -0.2) is 13.2 Å². The van der Waals surface area contributed by atoms with E-state index < -0.39 is 21.9 Å². The van der Waals surface area contributed by atoms with E-state index in [1.807, 2.05) is 4.83 Å². The van der Waals surface area contributed by atoms with Crippen LogP contribution in [-0.4, -0.2) is 41.4 Å². The number of hydrazine groups is 1. The number of hydrogen-bond acceptors (Lipinski definition) is 7. The van der Waals surface area contributed by atoms with Gasteiger partial charge in [0.25, 0.3) is 15.9 Å². The molecule has 12 heteroatoms. The normalized spacial score (nSPS) is 11.4. The molecule has 0 unspecified atom stereocenters. The molecule has 0 atom stereocenters. The highest BCUT2D eigenvalue weighted by Gasteiger charge is 2.24. The minimum absolute atomic E-state index is 0.0390. The number of sulfonamides is 1. The number of hydrogen-bond donors (Lipinski definition) is 2. The van der Waals surface area contributed by atoms with Gasteiger partial charge in [0.2, 0.25) is 0 Å². The Hall–Kier alpha value is -3.02. The van der Waals surface area contributed by atoms with Crippen LogP contribution in [0.2, 0.25) is 5.02 Å². The van der Waals surface area contributed by atoms with Gasteiger partial charge in [-0.3, -0.25) is 20.2 Å². The molecule has 10 nitrogen and oxygen atoms in total. The summed E-state index contributed by atoms with van der Waals surface area (Å²) in [6, 6.07) is 5.93. The molecule has 0 bridgehead atoms. The van der Waals surface area contributed by atoms with Crippen LogP contribution in [0.5, 0.6) is 0 Å². The van der Waals surface area contributed by atoms with Crippen LogP contribution in [0.1, 0.15) is 27.9 Å². The van der Waals surface area contributed by atoms with Gasteiger partial charge in [0.05, 0.1) is 17.1 Å². The van der Waals surface area contributed by atoms with Crippen molar-refractivity contribution in [3.8, 4) is 0 Å². The van der Waals surface area contributed by atoms with Crippen LogP contribution < -0.4 is 10.3 Å². The van der Waals surface area contributed by atoms with Crippen LogP contribution in [-0.2, 0) is 21.8 Å². The highest BCUT2D eigenvalue weighted by Crippen LogP contribution is 2.30. The van der Waals surface area contributed by atoms with Crippen LogP contribution in [0.4, 0.5) is 0 Å². The van der Waals surface area contributed by atoms with Gasteiger partial charge < -0.3 is 9.30 Å². The van der Waals surface area contributed by atoms with E-state index in [0.717, 1.165) is 6.20 Å². The molecule has 0 aliphatic carbocycles. The molecule has 29 heavy (non-hydrogen) atoms. The van der Waals surface area contributed by atoms with Gasteiger partial charge in [-0.15, -0.1) is 4.83 Å². The molecule has 2 N–H and O–H groups in total. The third-order valence-electron chi connectivity index (χ3n) is 3.93. The van der Waals surface area contributed by atoms with Gasteiger partial charge in [0.15, 0.2) is 0 Å². The predicted octanol–water partition coefficient (Wildman–Crippen LogP) is 1.42. The Morgan fingerprint density at radius 3 is 2.69 bits per heavy atom. The quantitative estimate of drug-likeness (QED) is 0.440. The van der Waals surface area contributed by atoms with Gasteiger partial charge >= 0.3 is 5.97 Å². The lowest BCUT2D eigenvalue weighted by Gasteiger charge is -2.08. The second-order valence-electron chi connectivity index (χ2n) is 5.76. The number of ether oxygens (including phenoxy) is 1. The SMILES string of the molecule is CCOC(=O)c1c(Cl)c2ncc(S(=O)(=O)NNC(=O)c3ccccn3)cc2n1C. The van der Waals surface area contributed by atoms with Gasteiger partial charge in [-0.05, 0) is 25.1 Å². The molecule has 3 aromatic rings. The third kappa shape index (κ3) is 4.06. The van der Waals surface area contributed by atoms with Crippen molar-refractivity contribution in [1.29, 1.82) is 0 Å². The molecule has 0 spiro atoms. The predicted molar refractivity (Wildman–Crippen MR) is 104 cm³/mol. The molecule has 0 aromatic carbocycles. The number of amides is 1. The number of halogens is 1. The number of fused-ring (bicyclic) bond motifs is 1. The minimum Gasteiger partial charge on any atom is -0.461 e. The van der Waals surface area contributed by atoms with E-state index in [2.05, 4.69) is 15.4 Å². The first-order chi connectivity index (χ1) is 13.8. The summed E-state index contributed by atoms with van der Waals surface area (Å²) in [6.45, 7) is 1.81. The third-order valence-corrected chi connectivity index (χ3v) is 5.50. The van der Waals surface area contributed by atoms with Crippen molar-refractivity contribution in [3.05, 3.63) is 53.1 Å². The van der Waals surface area contributed by atoms with Crippen molar-refractivity contribution in [1.82, 2.24) is 24.8 Å². The number of esters is 1. The number of rotatable bonds is 6. The molecule has 0 aliphatic heterocycles. The Labute approximate surface area is 170 Å². The van der Waals surface area contributed by atoms with Crippen molar-refractivity contribution < 1.29 is 22.7 Å². The van der Waals surface area contributed by atoms with E-state index in [1.165, 1.54) is 29.9 Å². The Balaban J connectivity index is 1.90. The second kappa shape index (κ2) is 8.15. The first-order valence-electron chi connectivity index (χ1n) is 8.30. The topological polar surface area (TPSA) is 132 Å². The van der Waals surface area contributed by atoms with E-state index in [1.54, 1.807) is 19.1 Å². The van der Waals surface area contributed by atoms with Crippen molar-refractivity contribution in [2.75, 3.05) is 6.61 Å². The number of nitrogens with one attached hydrogen (secondary N) is 2. The first kappa shape index (κ1) is 20.7. The Morgan fingerprint density at radius 2 is 2.03 bits per heavy atom. The zero-order valence-electron chi connectivity index (χ0n) is 15.3. The van der Waals surface area contributed by atoms with E-state index >= 15 is 0 Å². The van der Waals surface area contributed by atoms with Gasteiger partial charge in [-0.2, -0.15) is 0 Å². The number of aromatic nitrogens is 3. The molecule has 0 radical (unpaired) electrons. The van der Waals surface area contributed by atoms with E-state index in [4.69, 9.17) is 16.3 Å². The summed E-state index contributed by atoms with van der Waals surface area (Å²) < 4.78 is 31.4. The molecule has 0 aliphatic rings. The van der Waals surface area contributed by atoms with Crippen molar-refractivity contribution in [2.24, 2.45) is 7.05 Å². The number of carbonyl (C=O) groups excluding carboxylic acids is 2. The van der Waals surface area contributed by atoms with Crippen LogP contribution >= 0.6 is 11.6 Å². The molecule has 152 valence electrons. The average Bonchev–Trinajstić information content (AvgIpc) is 2.97. The summed E-state index contributed by atoms with van der Waals surface area (Å²) in [5.74, 6) is -1.38. The van der Waals surface area contributed by atoms with Crippen LogP contribution in [0.3, 0.4) is 0 Å². The van der Waals surface area contributed by atoms with E-state index in [-0.39, 0.29) is 33.4 Å². The van der Waals surface area contributed by atoms with Crippen LogP contribution in [0.25, 0.3) is 11.0 Å².